The summed E-state index contributed by atoms with van der Waals surface area (Å²) in [6, 6.07) is 8.94. The molecule has 2 unspecified atom stereocenters. The molecule has 1 saturated heterocycles. The first-order valence-electron chi connectivity index (χ1n) is 6.52. The van der Waals surface area contributed by atoms with Gasteiger partial charge in [0.2, 0.25) is 0 Å². The quantitative estimate of drug-likeness (QED) is 0.762. The summed E-state index contributed by atoms with van der Waals surface area (Å²) < 4.78 is 0. The predicted octanol–water partition coefficient (Wildman–Crippen LogP) is 3.77. The minimum absolute atomic E-state index is 0.666. The van der Waals surface area contributed by atoms with Gasteiger partial charge in [0.15, 0.2) is 0 Å². The van der Waals surface area contributed by atoms with Crippen molar-refractivity contribution in [2.75, 3.05) is 20.1 Å². The van der Waals surface area contributed by atoms with Crippen molar-refractivity contribution in [1.29, 1.82) is 0 Å². The molecule has 1 fully saturated rings. The average Bonchev–Trinajstić information content (AvgIpc) is 2.75. The second-order valence-electron chi connectivity index (χ2n) is 5.50. The molecule has 0 aliphatic carbocycles. The van der Waals surface area contributed by atoms with Gasteiger partial charge < -0.3 is 4.90 Å². The lowest BCUT2D eigenvalue weighted by atomic mass is 9.86. The van der Waals surface area contributed by atoms with Gasteiger partial charge in [-0.05, 0) is 49.9 Å². The molecule has 0 N–H and O–H groups in total. The molecule has 1 aromatic carbocycles. The first-order chi connectivity index (χ1) is 8.08. The number of likely N-dealkylation sites (tertiary alicyclic amines) is 1. The van der Waals surface area contributed by atoms with E-state index in [1.807, 2.05) is 0 Å². The summed E-state index contributed by atoms with van der Waals surface area (Å²) in [5.74, 6) is 1.48. The molecule has 92 valence electrons. The molecule has 1 aliphatic rings. The van der Waals surface area contributed by atoms with Crippen LogP contribution in [0.1, 0.15) is 37.3 Å². The van der Waals surface area contributed by atoms with E-state index >= 15 is 0 Å². The monoisotopic (exact) mass is 229 g/mol. The Morgan fingerprint density at radius 3 is 2.47 bits per heavy atom. The highest BCUT2D eigenvalue weighted by molar-refractivity contribution is 5.61. The van der Waals surface area contributed by atoms with E-state index in [1.165, 1.54) is 30.6 Å². The summed E-state index contributed by atoms with van der Waals surface area (Å²) in [6.07, 6.45) is 1.33. The van der Waals surface area contributed by atoms with Gasteiger partial charge in [0.05, 0.1) is 0 Å². The number of nitrogens with zero attached hydrogens (tertiary/aromatic N) is 1. The van der Waals surface area contributed by atoms with Crippen LogP contribution >= 0.6 is 0 Å². The molecular formula is C16H23N. The molecule has 17 heavy (non-hydrogen) atoms. The van der Waals surface area contributed by atoms with E-state index in [2.05, 4.69) is 56.6 Å². The van der Waals surface area contributed by atoms with E-state index in [9.17, 15) is 0 Å². The smallest absolute Gasteiger partial charge is 0.00128 e. The van der Waals surface area contributed by atoms with Crippen LogP contribution in [0, 0.1) is 5.92 Å². The molecule has 2 atom stereocenters. The van der Waals surface area contributed by atoms with Crippen LogP contribution in [0.25, 0.3) is 5.57 Å². The number of hydrogen-bond acceptors (Lipinski definition) is 1. The van der Waals surface area contributed by atoms with Crippen LogP contribution in [0.4, 0.5) is 0 Å². The standard InChI is InChI=1S/C16H23N/c1-12(2)14-5-7-15(8-6-14)13(3)16-9-10-17(4)11-16/h5-8,13,16H,1,9-11H2,2-4H3. The Morgan fingerprint density at radius 1 is 1.35 bits per heavy atom. The second-order valence-corrected chi connectivity index (χ2v) is 5.50. The second kappa shape index (κ2) is 5.05. The van der Waals surface area contributed by atoms with E-state index in [-0.39, 0.29) is 0 Å². The lowest BCUT2D eigenvalue weighted by molar-refractivity contribution is 0.377. The van der Waals surface area contributed by atoms with E-state index in [1.54, 1.807) is 0 Å². The molecule has 0 saturated carbocycles. The number of hydrogen-bond donors (Lipinski definition) is 0. The van der Waals surface area contributed by atoms with E-state index < -0.39 is 0 Å². The molecule has 0 aromatic heterocycles. The molecule has 0 radical (unpaired) electrons. The van der Waals surface area contributed by atoms with Crippen molar-refractivity contribution in [3.05, 3.63) is 42.0 Å². The maximum Gasteiger partial charge on any atom is 0.00128 e. The molecule has 0 bridgehead atoms. The van der Waals surface area contributed by atoms with Crippen LogP contribution in [0.2, 0.25) is 0 Å². The lowest BCUT2D eigenvalue weighted by Gasteiger charge is -2.20. The van der Waals surface area contributed by atoms with Crippen molar-refractivity contribution in [3.63, 3.8) is 0 Å². The molecule has 0 spiro atoms. The molecule has 0 amide bonds. The zero-order chi connectivity index (χ0) is 12.4. The maximum atomic E-state index is 3.98. The summed E-state index contributed by atoms with van der Waals surface area (Å²) in [5, 5.41) is 0. The van der Waals surface area contributed by atoms with Crippen molar-refractivity contribution in [1.82, 2.24) is 4.90 Å². The van der Waals surface area contributed by atoms with Crippen molar-refractivity contribution < 1.29 is 0 Å². The van der Waals surface area contributed by atoms with E-state index in [0.717, 1.165) is 11.5 Å². The highest BCUT2D eigenvalue weighted by Crippen LogP contribution is 2.31. The molecule has 1 heterocycles. The Bertz CT molecular complexity index is 390. The van der Waals surface area contributed by atoms with Gasteiger partial charge in [0.25, 0.3) is 0 Å². The van der Waals surface area contributed by atoms with Crippen molar-refractivity contribution in [2.24, 2.45) is 5.92 Å². The molecular weight excluding hydrogens is 206 g/mol. The zero-order valence-electron chi connectivity index (χ0n) is 11.2. The van der Waals surface area contributed by atoms with Gasteiger partial charge in [-0.1, -0.05) is 43.3 Å². The minimum atomic E-state index is 0.666. The Labute approximate surface area is 105 Å². The van der Waals surface area contributed by atoms with Crippen LogP contribution in [0.5, 0.6) is 0 Å². The van der Waals surface area contributed by atoms with Crippen LogP contribution in [-0.4, -0.2) is 25.0 Å². The third-order valence-corrected chi connectivity index (χ3v) is 4.06. The Morgan fingerprint density at radius 2 is 2.00 bits per heavy atom. The molecule has 2 rings (SSSR count). The highest BCUT2D eigenvalue weighted by atomic mass is 15.1. The fraction of sp³-hybridized carbons (Fsp3) is 0.500. The Hall–Kier alpha value is -1.08. The zero-order valence-corrected chi connectivity index (χ0v) is 11.2. The number of allylic oxidation sites excluding steroid dienone is 1. The summed E-state index contributed by atoms with van der Waals surface area (Å²) >= 11 is 0. The molecule has 1 nitrogen and oxygen atoms in total. The van der Waals surface area contributed by atoms with Gasteiger partial charge >= 0.3 is 0 Å². The lowest BCUT2D eigenvalue weighted by Crippen LogP contribution is -2.17. The number of rotatable bonds is 3. The van der Waals surface area contributed by atoms with E-state index in [4.69, 9.17) is 0 Å². The topological polar surface area (TPSA) is 3.24 Å². The van der Waals surface area contributed by atoms with Gasteiger partial charge in [-0.25, -0.2) is 0 Å². The summed E-state index contributed by atoms with van der Waals surface area (Å²) in [6.45, 7) is 10.9. The van der Waals surface area contributed by atoms with Crippen LogP contribution in [0.3, 0.4) is 0 Å². The van der Waals surface area contributed by atoms with Crippen LogP contribution in [-0.2, 0) is 0 Å². The fourth-order valence-corrected chi connectivity index (χ4v) is 2.72. The molecule has 1 aromatic rings. The van der Waals surface area contributed by atoms with Crippen molar-refractivity contribution in [3.8, 4) is 0 Å². The SMILES string of the molecule is C=C(C)c1ccc(C(C)C2CCN(C)C2)cc1. The predicted molar refractivity (Wildman–Crippen MR) is 75.2 cm³/mol. The third kappa shape index (κ3) is 2.78. The first kappa shape index (κ1) is 12.4. The number of benzene rings is 1. The normalized spacial score (nSPS) is 22.6. The summed E-state index contributed by atoms with van der Waals surface area (Å²) in [5.41, 5.74) is 3.87. The molecule has 1 heteroatoms. The summed E-state index contributed by atoms with van der Waals surface area (Å²) in [4.78, 5) is 2.43. The summed E-state index contributed by atoms with van der Waals surface area (Å²) in [7, 11) is 2.22. The highest BCUT2D eigenvalue weighted by Gasteiger charge is 2.25. The maximum absolute atomic E-state index is 3.98. The van der Waals surface area contributed by atoms with Gasteiger partial charge in [-0.3, -0.25) is 0 Å². The minimum Gasteiger partial charge on any atom is -0.306 e. The van der Waals surface area contributed by atoms with Crippen LogP contribution < -0.4 is 0 Å². The Kier molecular flexibility index (Phi) is 3.68. The van der Waals surface area contributed by atoms with Gasteiger partial charge in [-0.15, -0.1) is 0 Å². The fourth-order valence-electron chi connectivity index (χ4n) is 2.72. The first-order valence-corrected chi connectivity index (χ1v) is 6.52. The third-order valence-electron chi connectivity index (χ3n) is 4.06. The van der Waals surface area contributed by atoms with Crippen molar-refractivity contribution in [2.45, 2.75) is 26.2 Å². The van der Waals surface area contributed by atoms with Crippen LogP contribution in [0.15, 0.2) is 30.8 Å². The van der Waals surface area contributed by atoms with Gasteiger partial charge in [0.1, 0.15) is 0 Å². The van der Waals surface area contributed by atoms with Gasteiger partial charge in [0, 0.05) is 6.54 Å². The van der Waals surface area contributed by atoms with Gasteiger partial charge in [-0.2, -0.15) is 0 Å². The molecule has 1 aliphatic heterocycles. The van der Waals surface area contributed by atoms with Crippen molar-refractivity contribution >= 4 is 5.57 Å². The Balaban J connectivity index is 2.09. The largest absolute Gasteiger partial charge is 0.306 e. The van der Waals surface area contributed by atoms with E-state index in [0.29, 0.717) is 5.92 Å². The average molecular weight is 229 g/mol.